The zero-order valence-corrected chi connectivity index (χ0v) is 11.4. The van der Waals surface area contributed by atoms with E-state index in [1.54, 1.807) is 0 Å². The van der Waals surface area contributed by atoms with Gasteiger partial charge in [0.1, 0.15) is 17.3 Å². The minimum Gasteiger partial charge on any atom is -0.458 e. The lowest BCUT2D eigenvalue weighted by Crippen LogP contribution is -2.56. The van der Waals surface area contributed by atoms with Gasteiger partial charge in [0.15, 0.2) is 0 Å². The highest BCUT2D eigenvalue weighted by molar-refractivity contribution is 5.91. The van der Waals surface area contributed by atoms with Gasteiger partial charge in [-0.05, 0) is 32.6 Å². The Hall–Kier alpha value is -0.870. The van der Waals surface area contributed by atoms with Gasteiger partial charge in [-0.25, -0.2) is 4.79 Å². The van der Waals surface area contributed by atoms with Gasteiger partial charge in [0.2, 0.25) is 0 Å². The van der Waals surface area contributed by atoms with Crippen molar-refractivity contribution in [3.05, 3.63) is 12.2 Å². The van der Waals surface area contributed by atoms with E-state index in [9.17, 15) is 9.90 Å². The van der Waals surface area contributed by atoms with Crippen molar-refractivity contribution in [3.8, 4) is 0 Å². The van der Waals surface area contributed by atoms with Crippen LogP contribution in [0.1, 0.15) is 39.5 Å². The third-order valence-electron chi connectivity index (χ3n) is 6.30. The van der Waals surface area contributed by atoms with Crippen LogP contribution in [0.2, 0.25) is 0 Å². The Morgan fingerprint density at radius 3 is 2.84 bits per heavy atom. The highest BCUT2D eigenvalue weighted by atomic mass is 16.6. The maximum absolute atomic E-state index is 11.7. The number of rotatable bonds is 0. The molecule has 4 nitrogen and oxygen atoms in total. The molecule has 2 saturated carbocycles. The number of carbonyl (C=O) groups excluding carboxylic acids is 1. The first-order chi connectivity index (χ1) is 8.83. The van der Waals surface area contributed by atoms with Crippen LogP contribution < -0.4 is 0 Å². The summed E-state index contributed by atoms with van der Waals surface area (Å²) < 4.78 is 11.6. The van der Waals surface area contributed by atoms with Gasteiger partial charge in [-0.2, -0.15) is 0 Å². The van der Waals surface area contributed by atoms with Crippen molar-refractivity contribution in [2.24, 2.45) is 11.3 Å². The molecule has 0 aromatic heterocycles. The molecule has 19 heavy (non-hydrogen) atoms. The summed E-state index contributed by atoms with van der Waals surface area (Å²) in [6.07, 6.45) is 2.83. The Labute approximate surface area is 112 Å². The van der Waals surface area contributed by atoms with E-state index < -0.39 is 11.7 Å². The predicted molar refractivity (Wildman–Crippen MR) is 67.3 cm³/mol. The van der Waals surface area contributed by atoms with Gasteiger partial charge in [0.05, 0.1) is 6.10 Å². The van der Waals surface area contributed by atoms with Gasteiger partial charge < -0.3 is 14.6 Å². The molecule has 0 aromatic rings. The molecule has 2 aliphatic carbocycles. The third kappa shape index (κ3) is 1.12. The summed E-state index contributed by atoms with van der Waals surface area (Å²) in [5.41, 5.74) is -0.168. The summed E-state index contributed by atoms with van der Waals surface area (Å²) in [6.45, 7) is 8.11. The Kier molecular flexibility index (Phi) is 1.92. The number of esters is 1. The first-order valence-electron chi connectivity index (χ1n) is 7.11. The van der Waals surface area contributed by atoms with E-state index in [2.05, 4.69) is 13.5 Å². The molecule has 0 amide bonds. The van der Waals surface area contributed by atoms with Gasteiger partial charge in [-0.3, -0.25) is 0 Å². The minimum absolute atomic E-state index is 0.00690. The molecule has 4 heteroatoms. The van der Waals surface area contributed by atoms with Crippen LogP contribution in [-0.4, -0.2) is 34.5 Å². The molecule has 2 saturated heterocycles. The third-order valence-corrected chi connectivity index (χ3v) is 6.30. The zero-order valence-electron chi connectivity index (χ0n) is 11.4. The van der Waals surface area contributed by atoms with Crippen molar-refractivity contribution in [2.45, 2.75) is 62.9 Å². The second-order valence-corrected chi connectivity index (χ2v) is 7.14. The second kappa shape index (κ2) is 3.07. The highest BCUT2D eigenvalue weighted by Gasteiger charge is 2.81. The van der Waals surface area contributed by atoms with Crippen LogP contribution in [0.15, 0.2) is 12.2 Å². The first kappa shape index (κ1) is 11.9. The average Bonchev–Trinajstić information content (AvgIpc) is 2.90. The van der Waals surface area contributed by atoms with E-state index in [4.69, 9.17) is 9.47 Å². The number of hydrogen-bond donors (Lipinski definition) is 1. The van der Waals surface area contributed by atoms with Crippen molar-refractivity contribution in [3.63, 3.8) is 0 Å². The van der Waals surface area contributed by atoms with Crippen LogP contribution in [0.5, 0.6) is 0 Å². The van der Waals surface area contributed by atoms with Gasteiger partial charge >= 0.3 is 5.97 Å². The lowest BCUT2D eigenvalue weighted by atomic mass is 9.53. The maximum atomic E-state index is 11.7. The molecule has 6 atom stereocenters. The number of hydrogen-bond acceptors (Lipinski definition) is 4. The highest BCUT2D eigenvalue weighted by Crippen LogP contribution is 2.72. The largest absolute Gasteiger partial charge is 0.458 e. The minimum atomic E-state index is -0.448. The van der Waals surface area contributed by atoms with Crippen LogP contribution in [0.3, 0.4) is 0 Å². The van der Waals surface area contributed by atoms with E-state index in [0.29, 0.717) is 5.57 Å². The standard InChI is InChI=1S/C15H20O4/c1-8-9-6-15-13(2,7-10(9)18-12(8)17)5-4-11(16)14(15,3)19-15/h9-11,16H,1,4-7H2,2-3H3/t9-,10-,11-,13-,14-,15+/m1/s1. The summed E-state index contributed by atoms with van der Waals surface area (Å²) in [4.78, 5) is 11.7. The van der Waals surface area contributed by atoms with E-state index >= 15 is 0 Å². The molecule has 0 aromatic carbocycles. The van der Waals surface area contributed by atoms with Crippen LogP contribution in [0, 0.1) is 11.3 Å². The smallest absolute Gasteiger partial charge is 0.334 e. The number of epoxide rings is 1. The lowest BCUT2D eigenvalue weighted by molar-refractivity contribution is -0.143. The molecule has 0 unspecified atom stereocenters. The Morgan fingerprint density at radius 2 is 2.11 bits per heavy atom. The lowest BCUT2D eigenvalue weighted by Gasteiger charge is -2.49. The predicted octanol–water partition coefficient (Wildman–Crippen LogP) is 1.57. The molecule has 0 bridgehead atoms. The van der Waals surface area contributed by atoms with Crippen LogP contribution in [-0.2, 0) is 14.3 Å². The van der Waals surface area contributed by atoms with Gasteiger partial charge in [0, 0.05) is 16.9 Å². The summed E-state index contributed by atoms with van der Waals surface area (Å²) in [5, 5.41) is 10.2. The molecule has 4 aliphatic rings. The molecule has 1 spiro atoms. The Balaban J connectivity index is 1.75. The second-order valence-electron chi connectivity index (χ2n) is 7.14. The van der Waals surface area contributed by atoms with Crippen molar-refractivity contribution < 1.29 is 19.4 Å². The fraction of sp³-hybridized carbons (Fsp3) is 0.800. The normalized spacial score (nSPS) is 59.0. The summed E-state index contributed by atoms with van der Waals surface area (Å²) in [5.74, 6) is -0.191. The summed E-state index contributed by atoms with van der Waals surface area (Å²) in [6, 6.07) is 0. The summed E-state index contributed by atoms with van der Waals surface area (Å²) in [7, 11) is 0. The average molecular weight is 264 g/mol. The number of aliphatic hydroxyl groups is 1. The topological polar surface area (TPSA) is 59.1 Å². The molecule has 4 rings (SSSR count). The van der Waals surface area contributed by atoms with E-state index in [1.165, 1.54) is 0 Å². The van der Waals surface area contributed by atoms with Gasteiger partial charge in [-0.1, -0.05) is 13.5 Å². The quantitative estimate of drug-likeness (QED) is 0.410. The molecule has 2 heterocycles. The van der Waals surface area contributed by atoms with Crippen LogP contribution in [0.25, 0.3) is 0 Å². The van der Waals surface area contributed by atoms with E-state index in [0.717, 1.165) is 25.7 Å². The van der Waals surface area contributed by atoms with Gasteiger partial charge in [0.25, 0.3) is 0 Å². The van der Waals surface area contributed by atoms with Crippen LogP contribution in [0.4, 0.5) is 0 Å². The molecule has 104 valence electrons. The van der Waals surface area contributed by atoms with Gasteiger partial charge in [-0.15, -0.1) is 0 Å². The van der Waals surface area contributed by atoms with Crippen molar-refractivity contribution in [1.82, 2.24) is 0 Å². The SMILES string of the molecule is C=C1C(=O)O[C@@H]2C[C@@]3(C)CC[C@@H](O)[C@@]4(C)O[C@@]34C[C@H]12. The monoisotopic (exact) mass is 264 g/mol. The molecule has 4 fully saturated rings. The maximum Gasteiger partial charge on any atom is 0.334 e. The zero-order chi connectivity index (χ0) is 13.6. The van der Waals surface area contributed by atoms with E-state index in [1.807, 2.05) is 6.92 Å². The Morgan fingerprint density at radius 1 is 1.37 bits per heavy atom. The molecular weight excluding hydrogens is 244 g/mol. The molecule has 1 N–H and O–H groups in total. The molecule has 2 aliphatic heterocycles. The van der Waals surface area contributed by atoms with Crippen molar-refractivity contribution >= 4 is 5.97 Å². The number of aliphatic hydroxyl groups excluding tert-OH is 1. The number of fused-ring (bicyclic) bond motifs is 1. The molecule has 0 radical (unpaired) electrons. The number of ether oxygens (including phenoxy) is 2. The van der Waals surface area contributed by atoms with Crippen molar-refractivity contribution in [1.29, 1.82) is 0 Å². The summed E-state index contributed by atoms with van der Waals surface area (Å²) >= 11 is 0. The number of carbonyl (C=O) groups is 1. The van der Waals surface area contributed by atoms with E-state index in [-0.39, 0.29) is 29.0 Å². The van der Waals surface area contributed by atoms with Crippen LogP contribution >= 0.6 is 0 Å². The fourth-order valence-electron chi connectivity index (χ4n) is 4.95. The Bertz CT molecular complexity index is 500. The fourth-order valence-corrected chi connectivity index (χ4v) is 4.95. The first-order valence-corrected chi connectivity index (χ1v) is 7.11. The molecular formula is C15H20O4. The van der Waals surface area contributed by atoms with Crippen molar-refractivity contribution in [2.75, 3.05) is 0 Å².